The summed E-state index contributed by atoms with van der Waals surface area (Å²) >= 11 is 1.96. The fourth-order valence-corrected chi connectivity index (χ4v) is 5.91. The molecule has 2 aromatic carbocycles. The van der Waals surface area contributed by atoms with Crippen molar-refractivity contribution in [2.24, 2.45) is 11.0 Å². The van der Waals surface area contributed by atoms with Crippen molar-refractivity contribution < 1.29 is 14.7 Å². The van der Waals surface area contributed by atoms with Crippen LogP contribution in [0.3, 0.4) is 0 Å². The molecule has 2 aliphatic rings. The lowest BCUT2D eigenvalue weighted by atomic mass is 9.72. The number of hydrazone groups is 1. The Hall–Kier alpha value is -2.80. The van der Waals surface area contributed by atoms with E-state index in [2.05, 4.69) is 29.2 Å². The number of anilines is 1. The summed E-state index contributed by atoms with van der Waals surface area (Å²) in [5.41, 5.74) is 4.91. The summed E-state index contributed by atoms with van der Waals surface area (Å²) < 4.78 is 0. The van der Waals surface area contributed by atoms with Gasteiger partial charge in [-0.05, 0) is 72.1 Å². The molecule has 1 aliphatic carbocycles. The number of rotatable bonds is 7. The molecule has 0 aromatic heterocycles. The van der Waals surface area contributed by atoms with Gasteiger partial charge in [0.1, 0.15) is 0 Å². The molecule has 1 N–H and O–H groups in total. The fraction of sp³-hybridized carbons (Fsp3) is 0.444. The summed E-state index contributed by atoms with van der Waals surface area (Å²) in [5.74, 6) is 1.77. The van der Waals surface area contributed by atoms with Gasteiger partial charge in [-0.3, -0.25) is 14.6 Å². The van der Waals surface area contributed by atoms with Crippen LogP contribution in [0.2, 0.25) is 0 Å². The molecule has 6 nitrogen and oxygen atoms in total. The molecular weight excluding hydrogens is 446 g/mol. The molecule has 2 unspecified atom stereocenters. The lowest BCUT2D eigenvalue weighted by Crippen LogP contribution is -2.28. The molecule has 1 fully saturated rings. The summed E-state index contributed by atoms with van der Waals surface area (Å²) in [6.07, 6.45) is 4.74. The first-order chi connectivity index (χ1) is 16.5. The van der Waals surface area contributed by atoms with E-state index in [1.165, 1.54) is 11.1 Å². The van der Waals surface area contributed by atoms with Crippen LogP contribution in [-0.4, -0.2) is 59.8 Å². The van der Waals surface area contributed by atoms with E-state index in [0.717, 1.165) is 55.1 Å². The highest BCUT2D eigenvalue weighted by atomic mass is 32.2. The molecule has 1 heterocycles. The Morgan fingerprint density at radius 2 is 1.91 bits per heavy atom. The largest absolute Gasteiger partial charge is 0.481 e. The molecule has 7 heteroatoms. The van der Waals surface area contributed by atoms with Crippen molar-refractivity contribution in [1.82, 2.24) is 5.01 Å². The van der Waals surface area contributed by atoms with E-state index in [4.69, 9.17) is 0 Å². The van der Waals surface area contributed by atoms with Gasteiger partial charge in [-0.2, -0.15) is 16.9 Å². The van der Waals surface area contributed by atoms with Gasteiger partial charge in [0, 0.05) is 49.3 Å². The molecule has 1 aliphatic heterocycles. The predicted octanol–water partition coefficient (Wildman–Crippen LogP) is 4.88. The molecular formula is C27H33N3O3S. The standard InChI is InChI=1S/C27H33N3O3S/c1-3-24-22(16-26(31)32)9-8-20-10-11-23(17-25(20)24)29(2)27(33)21-6-4-19(5-7-21)18-28-30-12-14-34-15-13-30/h4-7,10-11,17-18,22,24H,3,8-9,12-16H2,1-2H3,(H,31,32). The maximum atomic E-state index is 13.2. The van der Waals surface area contributed by atoms with Gasteiger partial charge in [-0.15, -0.1) is 0 Å². The molecule has 0 saturated carbocycles. The Morgan fingerprint density at radius 1 is 1.18 bits per heavy atom. The number of hydrogen-bond donors (Lipinski definition) is 1. The first-order valence-electron chi connectivity index (χ1n) is 12.1. The number of aryl methyl sites for hydroxylation is 1. The van der Waals surface area contributed by atoms with E-state index in [9.17, 15) is 14.7 Å². The minimum atomic E-state index is -0.737. The number of nitrogens with zero attached hydrogens (tertiary/aromatic N) is 3. The number of amides is 1. The van der Waals surface area contributed by atoms with Crippen molar-refractivity contribution in [2.45, 2.75) is 38.5 Å². The second kappa shape index (κ2) is 11.1. The van der Waals surface area contributed by atoms with Crippen molar-refractivity contribution in [3.8, 4) is 0 Å². The van der Waals surface area contributed by atoms with E-state index >= 15 is 0 Å². The molecule has 1 amide bonds. The summed E-state index contributed by atoms with van der Waals surface area (Å²) in [5, 5.41) is 16.0. The third-order valence-electron chi connectivity index (χ3n) is 6.97. The smallest absolute Gasteiger partial charge is 0.303 e. The summed E-state index contributed by atoms with van der Waals surface area (Å²) in [7, 11) is 1.80. The fourth-order valence-electron chi connectivity index (χ4n) is 5.02. The zero-order valence-corrected chi connectivity index (χ0v) is 20.8. The van der Waals surface area contributed by atoms with Crippen LogP contribution in [0.15, 0.2) is 47.6 Å². The van der Waals surface area contributed by atoms with Crippen LogP contribution in [0.25, 0.3) is 0 Å². The topological polar surface area (TPSA) is 73.2 Å². The molecule has 2 aromatic rings. The van der Waals surface area contributed by atoms with Crippen molar-refractivity contribution in [2.75, 3.05) is 36.5 Å². The van der Waals surface area contributed by atoms with E-state index in [1.54, 1.807) is 11.9 Å². The molecule has 1 saturated heterocycles. The van der Waals surface area contributed by atoms with Crippen LogP contribution in [0.1, 0.15) is 59.2 Å². The van der Waals surface area contributed by atoms with Crippen LogP contribution in [0.4, 0.5) is 5.69 Å². The van der Waals surface area contributed by atoms with Crippen molar-refractivity contribution >= 4 is 35.5 Å². The Labute approximate surface area is 206 Å². The summed E-state index contributed by atoms with van der Waals surface area (Å²) in [4.78, 5) is 26.2. The van der Waals surface area contributed by atoms with Crippen LogP contribution < -0.4 is 4.90 Å². The molecule has 0 spiro atoms. The lowest BCUT2D eigenvalue weighted by molar-refractivity contribution is -0.138. The minimum Gasteiger partial charge on any atom is -0.481 e. The van der Waals surface area contributed by atoms with Crippen LogP contribution in [-0.2, 0) is 11.2 Å². The number of carbonyl (C=O) groups excluding carboxylic acids is 1. The maximum Gasteiger partial charge on any atom is 0.303 e. The Morgan fingerprint density at radius 3 is 2.59 bits per heavy atom. The molecule has 0 radical (unpaired) electrons. The van der Waals surface area contributed by atoms with Crippen LogP contribution in [0.5, 0.6) is 0 Å². The average Bonchev–Trinajstić information content (AvgIpc) is 2.86. The van der Waals surface area contributed by atoms with E-state index in [-0.39, 0.29) is 24.2 Å². The second-order valence-electron chi connectivity index (χ2n) is 9.09. The van der Waals surface area contributed by atoms with Crippen LogP contribution >= 0.6 is 11.8 Å². The third-order valence-corrected chi connectivity index (χ3v) is 7.91. The molecule has 0 bridgehead atoms. The van der Waals surface area contributed by atoms with E-state index in [1.807, 2.05) is 48.3 Å². The number of fused-ring (bicyclic) bond motifs is 1. The molecule has 34 heavy (non-hydrogen) atoms. The highest BCUT2D eigenvalue weighted by molar-refractivity contribution is 7.99. The zero-order valence-electron chi connectivity index (χ0n) is 19.9. The normalized spacial score (nSPS) is 20.2. The summed E-state index contributed by atoms with van der Waals surface area (Å²) in [6.45, 7) is 4.06. The number of carboxylic acids is 1. The lowest BCUT2D eigenvalue weighted by Gasteiger charge is -2.33. The van der Waals surface area contributed by atoms with Gasteiger partial charge >= 0.3 is 5.97 Å². The highest BCUT2D eigenvalue weighted by Crippen LogP contribution is 2.41. The van der Waals surface area contributed by atoms with Gasteiger partial charge < -0.3 is 10.0 Å². The number of aliphatic carboxylic acids is 1. The van der Waals surface area contributed by atoms with Gasteiger partial charge in [0.15, 0.2) is 0 Å². The average molecular weight is 480 g/mol. The first-order valence-corrected chi connectivity index (χ1v) is 13.2. The maximum absolute atomic E-state index is 13.2. The molecule has 2 atom stereocenters. The number of benzene rings is 2. The quantitative estimate of drug-likeness (QED) is 0.573. The second-order valence-corrected chi connectivity index (χ2v) is 10.3. The van der Waals surface area contributed by atoms with Gasteiger partial charge in [-0.1, -0.05) is 25.1 Å². The number of carbonyl (C=O) groups is 2. The SMILES string of the molecule is CCC1c2cc(N(C)C(=O)c3ccc(C=NN4CCSCC4)cc3)ccc2CCC1CC(=O)O. The van der Waals surface area contributed by atoms with Gasteiger partial charge in [0.25, 0.3) is 5.91 Å². The predicted molar refractivity (Wildman–Crippen MR) is 139 cm³/mol. The molecule has 4 rings (SSSR count). The number of hydrogen-bond acceptors (Lipinski definition) is 5. The van der Waals surface area contributed by atoms with E-state index < -0.39 is 5.97 Å². The van der Waals surface area contributed by atoms with Crippen molar-refractivity contribution in [1.29, 1.82) is 0 Å². The zero-order chi connectivity index (χ0) is 24.1. The molecule has 180 valence electrons. The summed E-state index contributed by atoms with van der Waals surface area (Å²) in [6, 6.07) is 13.8. The van der Waals surface area contributed by atoms with Crippen LogP contribution in [0, 0.1) is 5.92 Å². The van der Waals surface area contributed by atoms with Gasteiger partial charge in [0.2, 0.25) is 0 Å². The number of carboxylic acid groups (broad SMARTS) is 1. The first kappa shape index (κ1) is 24.3. The monoisotopic (exact) mass is 479 g/mol. The Bertz CT molecular complexity index is 1050. The number of thioether (sulfide) groups is 1. The Balaban J connectivity index is 1.47. The third kappa shape index (κ3) is 5.63. The van der Waals surface area contributed by atoms with Crippen molar-refractivity contribution in [3.63, 3.8) is 0 Å². The minimum absolute atomic E-state index is 0.0672. The Kier molecular flexibility index (Phi) is 7.93. The highest BCUT2D eigenvalue weighted by Gasteiger charge is 2.30. The van der Waals surface area contributed by atoms with Gasteiger partial charge in [-0.25, -0.2) is 0 Å². The van der Waals surface area contributed by atoms with Gasteiger partial charge in [0.05, 0.1) is 6.21 Å². The van der Waals surface area contributed by atoms with Crippen molar-refractivity contribution in [3.05, 3.63) is 64.7 Å². The van der Waals surface area contributed by atoms with E-state index in [0.29, 0.717) is 5.56 Å².